The molecular weight excluding hydrogens is 585 g/mol. The van der Waals surface area contributed by atoms with E-state index in [9.17, 15) is 0 Å². The van der Waals surface area contributed by atoms with Gasteiger partial charge in [-0.3, -0.25) is 0 Å². The van der Waals surface area contributed by atoms with E-state index in [-0.39, 0.29) is 0 Å². The highest BCUT2D eigenvalue weighted by atomic mass is 14.8. The van der Waals surface area contributed by atoms with Gasteiger partial charge in [-0.05, 0) is 160 Å². The van der Waals surface area contributed by atoms with Gasteiger partial charge < -0.3 is 19.9 Å². The fraction of sp³-hybridized carbons (Fsp3) is 0.545. The molecule has 4 heteroatoms. The van der Waals surface area contributed by atoms with Gasteiger partial charge >= 0.3 is 0 Å². The van der Waals surface area contributed by atoms with E-state index in [0.29, 0.717) is 0 Å². The Balaban J connectivity index is 2.01. The van der Waals surface area contributed by atoms with E-state index in [0.717, 1.165) is 38.5 Å². The second kappa shape index (κ2) is 15.9. The number of rotatable bonds is 14. The summed E-state index contributed by atoms with van der Waals surface area (Å²) in [7, 11) is 0. The Morgan fingerprint density at radius 3 is 1.06 bits per heavy atom. The first kappa shape index (κ1) is 35.9. The summed E-state index contributed by atoms with van der Waals surface area (Å²) in [5.74, 6) is 0. The number of fused-ring (bicyclic) bond motifs is 8. The average molecular weight is 649 g/mol. The second-order valence-electron chi connectivity index (χ2n) is 14.4. The molecule has 0 aromatic carbocycles. The predicted molar refractivity (Wildman–Crippen MR) is 208 cm³/mol. The van der Waals surface area contributed by atoms with Crippen LogP contribution >= 0.6 is 0 Å². The van der Waals surface area contributed by atoms with Crippen molar-refractivity contribution in [2.24, 2.45) is 0 Å². The van der Waals surface area contributed by atoms with Crippen LogP contribution in [0.3, 0.4) is 0 Å². The van der Waals surface area contributed by atoms with Crippen LogP contribution < -0.4 is 21.4 Å². The molecule has 48 heavy (non-hydrogen) atoms. The number of hydrogen-bond donors (Lipinski definition) is 4. The molecule has 0 saturated carbocycles. The van der Waals surface area contributed by atoms with E-state index in [1.54, 1.807) is 0 Å². The first-order valence-corrected chi connectivity index (χ1v) is 19.5. The van der Waals surface area contributed by atoms with E-state index >= 15 is 0 Å². The smallest absolute Gasteiger partial charge is 0.0471 e. The molecule has 0 saturated heterocycles. The van der Waals surface area contributed by atoms with Crippen LogP contribution in [0.2, 0.25) is 0 Å². The lowest BCUT2D eigenvalue weighted by Crippen LogP contribution is -2.17. The van der Waals surface area contributed by atoms with Crippen molar-refractivity contribution in [3.63, 3.8) is 0 Å². The molecule has 0 fully saturated rings. The van der Waals surface area contributed by atoms with Gasteiger partial charge in [-0.1, -0.05) is 67.2 Å². The Morgan fingerprint density at radius 2 is 0.750 bits per heavy atom. The highest BCUT2D eigenvalue weighted by Gasteiger charge is 2.21. The summed E-state index contributed by atoms with van der Waals surface area (Å²) < 4.78 is 0. The normalized spacial score (nSPS) is 13.0. The lowest BCUT2D eigenvalue weighted by atomic mass is 9.97. The molecule has 0 amide bonds. The maximum Gasteiger partial charge on any atom is 0.0471 e. The molecule has 5 heterocycles. The van der Waals surface area contributed by atoms with E-state index in [1.807, 2.05) is 0 Å². The van der Waals surface area contributed by atoms with Crippen LogP contribution in [-0.2, 0) is 25.7 Å². The summed E-state index contributed by atoms with van der Waals surface area (Å²) in [6.07, 6.45) is 20.8. The Hall–Kier alpha value is -3.40. The molecule has 4 aromatic rings. The SMILES string of the molecule is CCCCc1c2[nH]c(c1C)C(CC)=c1[nH]c(c(CCCC)c1C)=Cc1[nH]c(c(C)c1CCCC)C(CC)=c1[nH]c(c(CCCC)c1C)=C2. The zero-order valence-corrected chi connectivity index (χ0v) is 32.1. The third-order valence-corrected chi connectivity index (χ3v) is 11.3. The number of aromatic amines is 4. The summed E-state index contributed by atoms with van der Waals surface area (Å²) in [6.45, 7) is 23.3. The van der Waals surface area contributed by atoms with Crippen LogP contribution in [-0.4, -0.2) is 19.9 Å². The summed E-state index contributed by atoms with van der Waals surface area (Å²) in [5.41, 5.74) is 19.5. The first-order chi connectivity index (χ1) is 23.2. The molecule has 4 nitrogen and oxygen atoms in total. The van der Waals surface area contributed by atoms with Gasteiger partial charge in [-0.2, -0.15) is 0 Å². The maximum atomic E-state index is 4.04. The first-order valence-electron chi connectivity index (χ1n) is 19.5. The van der Waals surface area contributed by atoms with E-state index in [4.69, 9.17) is 0 Å². The number of unbranched alkanes of at least 4 members (excludes halogenated alkanes) is 4. The minimum atomic E-state index is 0.970. The van der Waals surface area contributed by atoms with Gasteiger partial charge in [-0.15, -0.1) is 0 Å². The van der Waals surface area contributed by atoms with Crippen LogP contribution in [0.15, 0.2) is 0 Å². The monoisotopic (exact) mass is 649 g/mol. The van der Waals surface area contributed by atoms with Crippen molar-refractivity contribution in [1.82, 2.24) is 19.9 Å². The van der Waals surface area contributed by atoms with Crippen molar-refractivity contribution in [3.05, 3.63) is 88.7 Å². The molecule has 5 rings (SSSR count). The van der Waals surface area contributed by atoms with Crippen LogP contribution in [0, 0.1) is 27.7 Å². The van der Waals surface area contributed by atoms with Crippen LogP contribution in [0.5, 0.6) is 0 Å². The molecule has 0 radical (unpaired) electrons. The van der Waals surface area contributed by atoms with E-state index < -0.39 is 0 Å². The third kappa shape index (κ3) is 6.74. The molecular formula is C44H64N4. The second-order valence-corrected chi connectivity index (χ2v) is 14.4. The maximum absolute atomic E-state index is 4.04. The van der Waals surface area contributed by atoms with Crippen molar-refractivity contribution >= 4 is 23.3 Å². The summed E-state index contributed by atoms with van der Waals surface area (Å²) in [5, 5.41) is 5.17. The molecule has 4 N–H and O–H groups in total. The fourth-order valence-corrected chi connectivity index (χ4v) is 8.28. The highest BCUT2D eigenvalue weighted by molar-refractivity contribution is 5.73. The largest absolute Gasteiger partial charge is 0.355 e. The Kier molecular flexibility index (Phi) is 11.9. The zero-order chi connectivity index (χ0) is 34.5. The van der Waals surface area contributed by atoms with Crippen LogP contribution in [0.4, 0.5) is 0 Å². The molecule has 8 bridgehead atoms. The van der Waals surface area contributed by atoms with Gasteiger partial charge in [0.25, 0.3) is 0 Å². The topological polar surface area (TPSA) is 63.2 Å². The number of H-pyrrole nitrogens is 4. The minimum absolute atomic E-state index is 0.970. The standard InChI is InChI=1S/C44H64N4/c1-11-17-21-33-27(7)41-31(15-5)42-29(9)35(23-19-13-3)39(47-42)26-40-36(24-20-14-4)30(10)44(48-40)32(16-6)43-28(8)34(22-18-12-2)38(46-43)25-37(33)45-41/h25-26,45-48H,11-24H2,1-10H3. The molecule has 260 valence electrons. The van der Waals surface area contributed by atoms with Crippen LogP contribution in [0.25, 0.3) is 23.3 Å². The molecule has 1 aliphatic heterocycles. The van der Waals surface area contributed by atoms with Gasteiger partial charge in [0.2, 0.25) is 0 Å². The molecule has 1 aliphatic rings. The Morgan fingerprint density at radius 1 is 0.417 bits per heavy atom. The van der Waals surface area contributed by atoms with Crippen LogP contribution in [0.1, 0.15) is 173 Å². The number of nitrogens with one attached hydrogen (secondary N) is 4. The average Bonchev–Trinajstić information content (AvgIpc) is 3.76. The highest BCUT2D eigenvalue weighted by Crippen LogP contribution is 2.29. The van der Waals surface area contributed by atoms with Crippen molar-refractivity contribution < 1.29 is 0 Å². The lowest BCUT2D eigenvalue weighted by Gasteiger charge is -2.06. The Labute approximate surface area is 290 Å². The van der Waals surface area contributed by atoms with Crippen molar-refractivity contribution in [2.75, 3.05) is 0 Å². The quantitative estimate of drug-likeness (QED) is 0.106. The van der Waals surface area contributed by atoms with E-state index in [2.05, 4.69) is 101 Å². The van der Waals surface area contributed by atoms with Gasteiger partial charge in [0, 0.05) is 44.2 Å². The summed E-state index contributed by atoms with van der Waals surface area (Å²) >= 11 is 0. The molecule has 0 aliphatic carbocycles. The predicted octanol–water partition coefficient (Wildman–Crippen LogP) is 8.79. The summed E-state index contributed by atoms with van der Waals surface area (Å²) in [6, 6.07) is 0. The van der Waals surface area contributed by atoms with Gasteiger partial charge in [-0.25, -0.2) is 0 Å². The Bertz CT molecular complexity index is 1840. The van der Waals surface area contributed by atoms with Crippen molar-refractivity contribution in [2.45, 2.75) is 159 Å². The third-order valence-electron chi connectivity index (χ3n) is 11.3. The summed E-state index contributed by atoms with van der Waals surface area (Å²) in [4.78, 5) is 16.2. The van der Waals surface area contributed by atoms with Crippen molar-refractivity contribution in [1.29, 1.82) is 0 Å². The van der Waals surface area contributed by atoms with Gasteiger partial charge in [0.1, 0.15) is 0 Å². The molecule has 4 aromatic heterocycles. The molecule has 0 spiro atoms. The minimum Gasteiger partial charge on any atom is -0.355 e. The zero-order valence-electron chi connectivity index (χ0n) is 32.1. The van der Waals surface area contributed by atoms with Gasteiger partial charge in [0.05, 0.1) is 0 Å². The van der Waals surface area contributed by atoms with Gasteiger partial charge in [0.15, 0.2) is 0 Å². The molecule has 0 unspecified atom stereocenters. The van der Waals surface area contributed by atoms with E-state index in [1.165, 1.54) is 151 Å². The number of hydrogen-bond acceptors (Lipinski definition) is 0. The molecule has 0 atom stereocenters. The number of aromatic nitrogens is 4. The van der Waals surface area contributed by atoms with Crippen molar-refractivity contribution in [3.8, 4) is 0 Å². The lowest BCUT2D eigenvalue weighted by molar-refractivity contribution is 0.788. The fourth-order valence-electron chi connectivity index (χ4n) is 8.28.